The highest BCUT2D eigenvalue weighted by Crippen LogP contribution is 2.30. The molecule has 1 aliphatic heterocycles. The summed E-state index contributed by atoms with van der Waals surface area (Å²) in [5.74, 6) is -0.735. The molecule has 2 aromatic carbocycles. The van der Waals surface area contributed by atoms with Gasteiger partial charge in [-0.05, 0) is 11.1 Å². The van der Waals surface area contributed by atoms with Crippen LogP contribution in [0.4, 0.5) is 4.79 Å². The van der Waals surface area contributed by atoms with Gasteiger partial charge in [0.2, 0.25) is 0 Å². The largest absolute Gasteiger partial charge is 0.467 e. The second kappa shape index (κ2) is 8.34. The van der Waals surface area contributed by atoms with Crippen molar-refractivity contribution in [3.05, 3.63) is 83.9 Å². The zero-order valence-corrected chi connectivity index (χ0v) is 14.6. The van der Waals surface area contributed by atoms with Gasteiger partial charge < -0.3 is 9.47 Å². The van der Waals surface area contributed by atoms with E-state index in [1.54, 1.807) is 0 Å². The summed E-state index contributed by atoms with van der Waals surface area (Å²) in [6.07, 6.45) is 3.29. The molecule has 0 unspecified atom stereocenters. The lowest BCUT2D eigenvalue weighted by Gasteiger charge is -2.35. The second-order valence-corrected chi connectivity index (χ2v) is 6.03. The van der Waals surface area contributed by atoms with E-state index in [1.807, 2.05) is 72.8 Å². The molecule has 0 fully saturated rings. The van der Waals surface area contributed by atoms with Crippen LogP contribution in [0.5, 0.6) is 0 Å². The number of amides is 1. The van der Waals surface area contributed by atoms with Crippen LogP contribution in [0.25, 0.3) is 0 Å². The van der Waals surface area contributed by atoms with Gasteiger partial charge in [-0.2, -0.15) is 0 Å². The van der Waals surface area contributed by atoms with Crippen LogP contribution < -0.4 is 0 Å². The number of rotatable bonds is 4. The van der Waals surface area contributed by atoms with Crippen LogP contribution >= 0.6 is 0 Å². The van der Waals surface area contributed by atoms with E-state index in [4.69, 9.17) is 9.47 Å². The van der Waals surface area contributed by atoms with Crippen molar-refractivity contribution < 1.29 is 19.1 Å². The zero-order valence-electron chi connectivity index (χ0n) is 14.6. The number of hydrogen-bond donors (Lipinski definition) is 0. The number of methoxy groups -OCH3 is 1. The smallest absolute Gasteiger partial charge is 0.411 e. The molecule has 5 nitrogen and oxygen atoms in total. The average molecular weight is 351 g/mol. The van der Waals surface area contributed by atoms with Crippen LogP contribution in [-0.2, 0) is 20.9 Å². The summed E-state index contributed by atoms with van der Waals surface area (Å²) < 4.78 is 10.4. The van der Waals surface area contributed by atoms with Crippen molar-refractivity contribution in [2.75, 3.05) is 13.7 Å². The molecule has 0 N–H and O–H groups in total. The van der Waals surface area contributed by atoms with E-state index >= 15 is 0 Å². The molecule has 3 rings (SSSR count). The first-order chi connectivity index (χ1) is 12.7. The van der Waals surface area contributed by atoms with E-state index < -0.39 is 18.1 Å². The van der Waals surface area contributed by atoms with Gasteiger partial charge >= 0.3 is 12.1 Å². The van der Waals surface area contributed by atoms with Crippen LogP contribution in [-0.4, -0.2) is 36.7 Å². The van der Waals surface area contributed by atoms with Crippen molar-refractivity contribution in [1.82, 2.24) is 4.90 Å². The summed E-state index contributed by atoms with van der Waals surface area (Å²) >= 11 is 0. The average Bonchev–Trinajstić information content (AvgIpc) is 2.72. The Bertz CT molecular complexity index is 773. The van der Waals surface area contributed by atoms with Gasteiger partial charge in [0.15, 0.2) is 0 Å². The van der Waals surface area contributed by atoms with Crippen molar-refractivity contribution in [2.45, 2.75) is 18.6 Å². The minimum Gasteiger partial charge on any atom is -0.467 e. The molecule has 0 aromatic heterocycles. The molecule has 0 saturated carbocycles. The SMILES string of the molecule is COC(=O)[C@H]1[C@H](c2ccccc2)C=CCN1C(=O)OCc1ccccc1. The van der Waals surface area contributed by atoms with Crippen LogP contribution in [0, 0.1) is 0 Å². The van der Waals surface area contributed by atoms with E-state index in [0.29, 0.717) is 6.54 Å². The Hall–Kier alpha value is -3.08. The standard InChI is InChI=1S/C21H21NO4/c1-25-20(23)19-18(17-11-6-3-7-12-17)13-8-14-22(19)21(24)26-15-16-9-4-2-5-10-16/h2-13,18-19H,14-15H2,1H3/t18-,19+/m0/s1. The topological polar surface area (TPSA) is 55.8 Å². The van der Waals surface area contributed by atoms with Crippen molar-refractivity contribution in [3.8, 4) is 0 Å². The molecule has 0 bridgehead atoms. The van der Waals surface area contributed by atoms with Gasteiger partial charge in [0.05, 0.1) is 7.11 Å². The molecular formula is C21H21NO4. The lowest BCUT2D eigenvalue weighted by atomic mass is 9.88. The van der Waals surface area contributed by atoms with Crippen molar-refractivity contribution >= 4 is 12.1 Å². The molecule has 0 saturated heterocycles. The molecule has 0 radical (unpaired) electrons. The third kappa shape index (κ3) is 3.94. The minimum absolute atomic E-state index is 0.157. The van der Waals surface area contributed by atoms with Gasteiger partial charge in [-0.15, -0.1) is 0 Å². The first kappa shape index (κ1) is 17.7. The van der Waals surface area contributed by atoms with Crippen LogP contribution in [0.3, 0.4) is 0 Å². The molecular weight excluding hydrogens is 330 g/mol. The summed E-state index contributed by atoms with van der Waals surface area (Å²) in [7, 11) is 1.33. The Morgan fingerprint density at radius 1 is 1.04 bits per heavy atom. The van der Waals surface area contributed by atoms with Gasteiger partial charge in [0.25, 0.3) is 0 Å². The van der Waals surface area contributed by atoms with E-state index in [9.17, 15) is 9.59 Å². The Morgan fingerprint density at radius 3 is 2.35 bits per heavy atom. The fraction of sp³-hybridized carbons (Fsp3) is 0.238. The number of esters is 1. The lowest BCUT2D eigenvalue weighted by Crippen LogP contribution is -2.50. The monoisotopic (exact) mass is 351 g/mol. The van der Waals surface area contributed by atoms with E-state index in [0.717, 1.165) is 11.1 Å². The quantitative estimate of drug-likeness (QED) is 0.625. The molecule has 5 heteroatoms. The lowest BCUT2D eigenvalue weighted by molar-refractivity contribution is -0.147. The molecule has 1 heterocycles. The van der Waals surface area contributed by atoms with Gasteiger partial charge in [-0.3, -0.25) is 4.90 Å². The number of ether oxygens (including phenoxy) is 2. The highest BCUT2D eigenvalue weighted by atomic mass is 16.6. The Kier molecular flexibility index (Phi) is 5.69. The maximum absolute atomic E-state index is 12.6. The van der Waals surface area contributed by atoms with Crippen LogP contribution in [0.15, 0.2) is 72.8 Å². The molecule has 1 amide bonds. The molecule has 26 heavy (non-hydrogen) atoms. The van der Waals surface area contributed by atoms with Crippen molar-refractivity contribution in [3.63, 3.8) is 0 Å². The van der Waals surface area contributed by atoms with E-state index in [1.165, 1.54) is 12.0 Å². The Labute approximate surface area is 152 Å². The maximum atomic E-state index is 12.6. The fourth-order valence-electron chi connectivity index (χ4n) is 3.09. The predicted octanol–water partition coefficient (Wildman–Crippen LogP) is 3.52. The van der Waals surface area contributed by atoms with Crippen molar-refractivity contribution in [2.24, 2.45) is 0 Å². The predicted molar refractivity (Wildman–Crippen MR) is 97.5 cm³/mol. The summed E-state index contributed by atoms with van der Waals surface area (Å²) in [6.45, 7) is 0.459. The zero-order chi connectivity index (χ0) is 18.4. The number of benzene rings is 2. The number of carbonyl (C=O) groups excluding carboxylic acids is 2. The third-order valence-corrected chi connectivity index (χ3v) is 4.39. The Balaban J connectivity index is 1.79. The molecule has 1 aliphatic rings. The molecule has 0 aliphatic carbocycles. The molecule has 0 spiro atoms. The van der Waals surface area contributed by atoms with Crippen LogP contribution in [0.1, 0.15) is 17.0 Å². The summed E-state index contributed by atoms with van der Waals surface area (Å²) in [6, 6.07) is 18.3. The first-order valence-electron chi connectivity index (χ1n) is 8.47. The fourth-order valence-corrected chi connectivity index (χ4v) is 3.09. The van der Waals surface area contributed by atoms with Gasteiger partial charge in [0, 0.05) is 12.5 Å². The number of hydrogen-bond acceptors (Lipinski definition) is 4. The highest BCUT2D eigenvalue weighted by Gasteiger charge is 2.39. The Morgan fingerprint density at radius 2 is 1.69 bits per heavy atom. The van der Waals surface area contributed by atoms with Crippen LogP contribution in [0.2, 0.25) is 0 Å². The van der Waals surface area contributed by atoms with E-state index in [-0.39, 0.29) is 12.5 Å². The number of nitrogens with zero attached hydrogens (tertiary/aromatic N) is 1. The molecule has 2 aromatic rings. The van der Waals surface area contributed by atoms with Crippen molar-refractivity contribution in [1.29, 1.82) is 0 Å². The normalized spacial score (nSPS) is 19.0. The minimum atomic E-state index is -0.754. The third-order valence-electron chi connectivity index (χ3n) is 4.39. The first-order valence-corrected chi connectivity index (χ1v) is 8.47. The summed E-state index contributed by atoms with van der Waals surface area (Å²) in [4.78, 5) is 26.5. The van der Waals surface area contributed by atoms with Gasteiger partial charge in [0.1, 0.15) is 12.6 Å². The summed E-state index contributed by atoms with van der Waals surface area (Å²) in [5, 5.41) is 0. The van der Waals surface area contributed by atoms with Gasteiger partial charge in [-0.1, -0.05) is 72.8 Å². The molecule has 134 valence electrons. The molecule has 2 atom stereocenters. The summed E-state index contributed by atoms with van der Waals surface area (Å²) in [5.41, 5.74) is 1.84. The maximum Gasteiger partial charge on any atom is 0.411 e. The highest BCUT2D eigenvalue weighted by molar-refractivity contribution is 5.83. The van der Waals surface area contributed by atoms with E-state index in [2.05, 4.69) is 0 Å². The van der Waals surface area contributed by atoms with Gasteiger partial charge in [-0.25, -0.2) is 9.59 Å². The number of carbonyl (C=O) groups is 2. The second-order valence-electron chi connectivity index (χ2n) is 6.03.